The topological polar surface area (TPSA) is 68.2 Å². The molecule has 1 aliphatic rings. The summed E-state index contributed by atoms with van der Waals surface area (Å²) < 4.78 is 54.8. The van der Waals surface area contributed by atoms with Crippen molar-refractivity contribution in [3.8, 4) is 5.69 Å². The van der Waals surface area contributed by atoms with Crippen LogP contribution in [0.3, 0.4) is 0 Å². The van der Waals surface area contributed by atoms with Crippen molar-refractivity contribution in [3.63, 3.8) is 0 Å². The first-order valence-corrected chi connectivity index (χ1v) is 12.6. The number of rotatable bonds is 4. The molecule has 0 fully saturated rings. The fourth-order valence-corrected chi connectivity index (χ4v) is 5.00. The van der Waals surface area contributed by atoms with Crippen molar-refractivity contribution in [1.82, 2.24) is 9.29 Å². The second-order valence-corrected chi connectivity index (χ2v) is 10.6. The summed E-state index contributed by atoms with van der Waals surface area (Å²) in [7, 11) is -3.90. The van der Waals surface area contributed by atoms with Gasteiger partial charge in [-0.05, 0) is 35.9 Å². The molecule has 0 spiro atoms. The standard InChI is InChI=1S/C22H15Cl3F2N2O3S/c1-33(31,32)28-22(30)15-8-18(25)21(9-19(15)27)29-10-16(13-4-2-11(23)6-17(13)24)14-7-12(26)3-5-20(14)29/h2-5,7-10,17H,6H2,1H3,(H,28,30). The largest absolute Gasteiger partial charge is 0.314 e. The molecular weight excluding hydrogens is 517 g/mol. The maximum atomic E-state index is 14.8. The lowest BCUT2D eigenvalue weighted by Gasteiger charge is -2.17. The van der Waals surface area contributed by atoms with E-state index in [1.807, 2.05) is 0 Å². The van der Waals surface area contributed by atoms with Crippen LogP contribution in [0.15, 0.2) is 53.7 Å². The Hall–Kier alpha value is -2.39. The van der Waals surface area contributed by atoms with E-state index in [1.165, 1.54) is 18.2 Å². The van der Waals surface area contributed by atoms with Crippen LogP contribution in [0.5, 0.6) is 0 Å². The van der Waals surface area contributed by atoms with E-state index in [4.69, 9.17) is 34.8 Å². The van der Waals surface area contributed by atoms with Gasteiger partial charge in [-0.15, -0.1) is 11.6 Å². The molecule has 1 unspecified atom stereocenters. The predicted molar refractivity (Wildman–Crippen MR) is 127 cm³/mol. The second kappa shape index (κ2) is 8.76. The summed E-state index contributed by atoms with van der Waals surface area (Å²) in [5.74, 6) is -2.60. The lowest BCUT2D eigenvalue weighted by Crippen LogP contribution is -2.30. The van der Waals surface area contributed by atoms with Crippen molar-refractivity contribution >= 4 is 67.2 Å². The first kappa shape index (κ1) is 23.8. The highest BCUT2D eigenvalue weighted by atomic mass is 35.5. The summed E-state index contributed by atoms with van der Waals surface area (Å²) in [6.07, 6.45) is 6.28. The van der Waals surface area contributed by atoms with Crippen molar-refractivity contribution in [2.24, 2.45) is 0 Å². The van der Waals surface area contributed by atoms with E-state index < -0.39 is 38.5 Å². The van der Waals surface area contributed by atoms with Gasteiger partial charge < -0.3 is 4.57 Å². The zero-order valence-corrected chi connectivity index (χ0v) is 20.0. The normalized spacial score (nSPS) is 16.5. The molecule has 0 saturated carbocycles. The molecule has 1 atom stereocenters. The Labute approximate surface area is 203 Å². The van der Waals surface area contributed by atoms with Crippen molar-refractivity contribution in [2.45, 2.75) is 11.8 Å². The number of hydrogen-bond donors (Lipinski definition) is 1. The molecule has 2 aromatic carbocycles. The predicted octanol–water partition coefficient (Wildman–Crippen LogP) is 5.77. The van der Waals surface area contributed by atoms with Crippen LogP contribution >= 0.6 is 34.8 Å². The van der Waals surface area contributed by atoms with Crippen LogP contribution in [0.4, 0.5) is 8.78 Å². The molecule has 5 nitrogen and oxygen atoms in total. The highest BCUT2D eigenvalue weighted by Crippen LogP contribution is 2.39. The van der Waals surface area contributed by atoms with Gasteiger partial charge >= 0.3 is 0 Å². The maximum absolute atomic E-state index is 14.8. The Morgan fingerprint density at radius 2 is 1.88 bits per heavy atom. The monoisotopic (exact) mass is 530 g/mol. The van der Waals surface area contributed by atoms with E-state index in [-0.39, 0.29) is 10.7 Å². The van der Waals surface area contributed by atoms with Crippen molar-refractivity contribution in [3.05, 3.63) is 81.5 Å². The number of carbonyl (C=O) groups is 1. The number of hydrogen-bond acceptors (Lipinski definition) is 3. The first-order chi connectivity index (χ1) is 15.4. The average molecular weight is 532 g/mol. The molecule has 3 aromatic rings. The number of halogens is 5. The zero-order valence-electron chi connectivity index (χ0n) is 16.9. The van der Waals surface area contributed by atoms with Crippen LogP contribution in [0.1, 0.15) is 22.3 Å². The van der Waals surface area contributed by atoms with Gasteiger partial charge in [-0.2, -0.15) is 0 Å². The Bertz CT molecular complexity index is 1480. The van der Waals surface area contributed by atoms with Gasteiger partial charge in [0, 0.05) is 34.7 Å². The van der Waals surface area contributed by atoms with Gasteiger partial charge in [0.15, 0.2) is 0 Å². The highest BCUT2D eigenvalue weighted by Gasteiger charge is 2.24. The third-order valence-corrected chi connectivity index (χ3v) is 6.58. The zero-order chi connectivity index (χ0) is 24.1. The number of sulfonamides is 1. The number of alkyl halides is 1. The average Bonchev–Trinajstić information content (AvgIpc) is 3.06. The summed E-state index contributed by atoms with van der Waals surface area (Å²) in [6, 6.07) is 6.15. The van der Waals surface area contributed by atoms with Crippen LogP contribution < -0.4 is 4.72 Å². The van der Waals surface area contributed by atoms with E-state index in [0.717, 1.165) is 18.4 Å². The van der Waals surface area contributed by atoms with Crippen LogP contribution in [-0.2, 0) is 10.0 Å². The molecule has 33 heavy (non-hydrogen) atoms. The quantitative estimate of drug-likeness (QED) is 0.435. The van der Waals surface area contributed by atoms with Gasteiger partial charge in [0.1, 0.15) is 11.6 Å². The maximum Gasteiger partial charge on any atom is 0.267 e. The van der Waals surface area contributed by atoms with Crippen LogP contribution in [-0.4, -0.2) is 30.5 Å². The number of amides is 1. The molecule has 0 saturated heterocycles. The molecule has 0 bridgehead atoms. The van der Waals surface area contributed by atoms with Crippen molar-refractivity contribution in [2.75, 3.05) is 6.26 Å². The van der Waals surface area contributed by atoms with Crippen LogP contribution in [0.2, 0.25) is 5.02 Å². The lowest BCUT2D eigenvalue weighted by atomic mass is 9.96. The fraction of sp³-hybridized carbons (Fsp3) is 0.136. The molecule has 1 aromatic heterocycles. The molecule has 11 heteroatoms. The van der Waals surface area contributed by atoms with E-state index in [1.54, 1.807) is 27.6 Å². The minimum absolute atomic E-state index is 0.0224. The summed E-state index contributed by atoms with van der Waals surface area (Å²) in [5, 5.41) is 0.625. The SMILES string of the molecule is CS(=O)(=O)NC(=O)c1cc(Cl)c(-n2cc(C3=CC=C(Cl)CC3Cl)c3cc(F)ccc32)cc1F. The molecule has 1 heterocycles. The van der Waals surface area contributed by atoms with Gasteiger partial charge in [-0.25, -0.2) is 21.9 Å². The van der Waals surface area contributed by atoms with Crippen LogP contribution in [0.25, 0.3) is 22.2 Å². The summed E-state index contributed by atoms with van der Waals surface area (Å²) in [6.45, 7) is 0. The number of fused-ring (bicyclic) bond motifs is 1. The van der Waals surface area contributed by atoms with Gasteiger partial charge in [-0.3, -0.25) is 4.79 Å². The molecule has 1 aliphatic carbocycles. The minimum Gasteiger partial charge on any atom is -0.314 e. The highest BCUT2D eigenvalue weighted by molar-refractivity contribution is 7.89. The number of nitrogens with one attached hydrogen (secondary N) is 1. The van der Waals surface area contributed by atoms with Gasteiger partial charge in [-0.1, -0.05) is 29.3 Å². The molecule has 4 rings (SSSR count). The van der Waals surface area contributed by atoms with Gasteiger partial charge in [0.05, 0.1) is 33.4 Å². The summed E-state index contributed by atoms with van der Waals surface area (Å²) in [5.41, 5.74) is 1.47. The smallest absolute Gasteiger partial charge is 0.267 e. The van der Waals surface area contributed by atoms with Gasteiger partial charge in [0.25, 0.3) is 5.91 Å². The van der Waals surface area contributed by atoms with E-state index in [9.17, 15) is 22.0 Å². The molecule has 172 valence electrons. The van der Waals surface area contributed by atoms with Gasteiger partial charge in [0.2, 0.25) is 10.0 Å². The number of allylic oxidation sites excluding steroid dienone is 4. The lowest BCUT2D eigenvalue weighted by molar-refractivity contribution is 0.0978. The Morgan fingerprint density at radius 1 is 1.15 bits per heavy atom. The van der Waals surface area contributed by atoms with Crippen LogP contribution in [0, 0.1) is 11.6 Å². The van der Waals surface area contributed by atoms with Crippen molar-refractivity contribution < 1.29 is 22.0 Å². The van der Waals surface area contributed by atoms with Crippen molar-refractivity contribution in [1.29, 1.82) is 0 Å². The number of carbonyl (C=O) groups excluding carboxylic acids is 1. The minimum atomic E-state index is -3.90. The second-order valence-electron chi connectivity index (χ2n) is 7.47. The third kappa shape index (κ3) is 4.80. The fourth-order valence-electron chi connectivity index (χ4n) is 3.64. The van der Waals surface area contributed by atoms with E-state index in [2.05, 4.69) is 0 Å². The number of benzene rings is 2. The first-order valence-electron chi connectivity index (χ1n) is 9.47. The van der Waals surface area contributed by atoms with E-state index >= 15 is 0 Å². The number of aromatic nitrogens is 1. The van der Waals surface area contributed by atoms with E-state index in [0.29, 0.717) is 33.5 Å². The molecule has 1 amide bonds. The summed E-state index contributed by atoms with van der Waals surface area (Å²) >= 11 is 18.9. The summed E-state index contributed by atoms with van der Waals surface area (Å²) in [4.78, 5) is 12.1. The Balaban J connectivity index is 1.89. The molecule has 0 aliphatic heterocycles. The Morgan fingerprint density at radius 3 is 2.55 bits per heavy atom. The Kier molecular flexibility index (Phi) is 6.30. The molecule has 1 N–H and O–H groups in total. The third-order valence-electron chi connectivity index (χ3n) is 5.05. The molecular formula is C22H15Cl3F2N2O3S. The number of nitrogens with zero attached hydrogens (tertiary/aromatic N) is 1. The molecule has 0 radical (unpaired) electrons.